The average Bonchev–Trinajstić information content (AvgIpc) is 3.15. The molecule has 0 atom stereocenters. The standard InChI is InChI=1S/C53H109N/c1-8-11-14-17-20-23-26-29-30-33-36-39-42-45-48-51-54(52(4,5)49-46-43-40-37-34-31-27-24-21-18-15-12-9-2)53(6,7)50-47-44-41-38-35-32-28-25-22-19-16-13-10-3/h8-51H2,1-7H3. The minimum Gasteiger partial charge on any atom is -0.293 e. The Balaban J connectivity index is 4.49. The maximum absolute atomic E-state index is 3.00. The van der Waals surface area contributed by atoms with Gasteiger partial charge in [-0.15, -0.1) is 0 Å². The fraction of sp³-hybridized carbons (Fsp3) is 1.00. The van der Waals surface area contributed by atoms with Crippen molar-refractivity contribution in [3.8, 4) is 0 Å². The molecular weight excluding hydrogens is 651 g/mol. The summed E-state index contributed by atoms with van der Waals surface area (Å²) in [6.45, 7) is 18.7. The number of hydrogen-bond acceptors (Lipinski definition) is 1. The summed E-state index contributed by atoms with van der Waals surface area (Å²) in [4.78, 5) is 3.00. The summed E-state index contributed by atoms with van der Waals surface area (Å²) in [7, 11) is 0. The van der Waals surface area contributed by atoms with Crippen molar-refractivity contribution < 1.29 is 0 Å². The minimum absolute atomic E-state index is 0.299. The average molecular weight is 760 g/mol. The lowest BCUT2D eigenvalue weighted by Crippen LogP contribution is -2.55. The van der Waals surface area contributed by atoms with Crippen LogP contribution in [0, 0.1) is 0 Å². The number of rotatable bonds is 46. The fourth-order valence-electron chi connectivity index (χ4n) is 9.49. The molecule has 0 rings (SSSR count). The molecule has 0 aromatic heterocycles. The van der Waals surface area contributed by atoms with Crippen LogP contribution in [0.25, 0.3) is 0 Å². The topological polar surface area (TPSA) is 3.24 Å². The molecule has 0 aromatic carbocycles. The van der Waals surface area contributed by atoms with E-state index in [0.29, 0.717) is 11.1 Å². The van der Waals surface area contributed by atoms with E-state index in [1.807, 2.05) is 0 Å². The zero-order valence-electron chi connectivity index (χ0n) is 39.6. The summed E-state index contributed by atoms with van der Waals surface area (Å²) in [5, 5.41) is 0. The van der Waals surface area contributed by atoms with Gasteiger partial charge in [0.15, 0.2) is 0 Å². The van der Waals surface area contributed by atoms with E-state index in [-0.39, 0.29) is 0 Å². The highest BCUT2D eigenvalue weighted by molar-refractivity contribution is 4.92. The highest BCUT2D eigenvalue weighted by Gasteiger charge is 2.36. The second kappa shape index (κ2) is 41.1. The van der Waals surface area contributed by atoms with E-state index < -0.39 is 0 Å². The van der Waals surface area contributed by atoms with Gasteiger partial charge >= 0.3 is 0 Å². The lowest BCUT2D eigenvalue weighted by molar-refractivity contribution is 0.00151. The Labute approximate surface area is 345 Å². The molecule has 0 fully saturated rings. The molecule has 0 saturated heterocycles. The molecule has 0 bridgehead atoms. The molecular formula is C53H109N. The van der Waals surface area contributed by atoms with Crippen LogP contribution >= 0.6 is 0 Å². The molecule has 0 N–H and O–H groups in total. The Hall–Kier alpha value is -0.0400. The van der Waals surface area contributed by atoms with Crippen molar-refractivity contribution in [2.75, 3.05) is 6.54 Å². The zero-order chi connectivity index (χ0) is 39.7. The molecule has 326 valence electrons. The molecule has 0 unspecified atom stereocenters. The summed E-state index contributed by atoms with van der Waals surface area (Å²) in [5.74, 6) is 0. The maximum Gasteiger partial charge on any atom is 0.0158 e. The van der Waals surface area contributed by atoms with Gasteiger partial charge in [0.05, 0.1) is 0 Å². The van der Waals surface area contributed by atoms with Crippen LogP contribution in [0.2, 0.25) is 0 Å². The van der Waals surface area contributed by atoms with E-state index in [1.165, 1.54) is 283 Å². The van der Waals surface area contributed by atoms with Gasteiger partial charge in [-0.2, -0.15) is 0 Å². The monoisotopic (exact) mass is 760 g/mol. The van der Waals surface area contributed by atoms with Gasteiger partial charge in [0.2, 0.25) is 0 Å². The zero-order valence-corrected chi connectivity index (χ0v) is 39.6. The molecule has 0 amide bonds. The van der Waals surface area contributed by atoms with Crippen molar-refractivity contribution in [1.82, 2.24) is 4.90 Å². The van der Waals surface area contributed by atoms with E-state index in [1.54, 1.807) is 0 Å². The van der Waals surface area contributed by atoms with E-state index in [0.717, 1.165) is 0 Å². The van der Waals surface area contributed by atoms with Crippen LogP contribution in [0.3, 0.4) is 0 Å². The van der Waals surface area contributed by atoms with Gasteiger partial charge in [0, 0.05) is 11.1 Å². The summed E-state index contributed by atoms with van der Waals surface area (Å²) in [6, 6.07) is 0. The third-order valence-electron chi connectivity index (χ3n) is 13.2. The van der Waals surface area contributed by atoms with E-state index >= 15 is 0 Å². The van der Waals surface area contributed by atoms with E-state index in [4.69, 9.17) is 0 Å². The predicted molar refractivity (Wildman–Crippen MR) is 250 cm³/mol. The summed E-state index contributed by atoms with van der Waals surface area (Å²) < 4.78 is 0. The van der Waals surface area contributed by atoms with Crippen molar-refractivity contribution in [2.45, 2.75) is 336 Å². The second-order valence-electron chi connectivity index (χ2n) is 19.7. The molecule has 0 heterocycles. The van der Waals surface area contributed by atoms with Crippen molar-refractivity contribution in [3.05, 3.63) is 0 Å². The van der Waals surface area contributed by atoms with Gasteiger partial charge in [-0.25, -0.2) is 0 Å². The molecule has 0 saturated carbocycles. The normalized spacial score (nSPS) is 12.4. The second-order valence-corrected chi connectivity index (χ2v) is 19.7. The first kappa shape index (κ1) is 54.0. The van der Waals surface area contributed by atoms with Crippen LogP contribution in [0.1, 0.15) is 325 Å². The molecule has 0 aromatic rings. The summed E-state index contributed by atoms with van der Waals surface area (Å²) >= 11 is 0. The highest BCUT2D eigenvalue weighted by atomic mass is 15.2. The Morgan fingerprint density at radius 2 is 0.389 bits per heavy atom. The molecule has 0 aliphatic rings. The van der Waals surface area contributed by atoms with Gasteiger partial charge in [0.25, 0.3) is 0 Å². The summed E-state index contributed by atoms with van der Waals surface area (Å²) in [5.41, 5.74) is 0.599. The van der Waals surface area contributed by atoms with E-state index in [9.17, 15) is 0 Å². The van der Waals surface area contributed by atoms with Crippen LogP contribution in [-0.4, -0.2) is 22.5 Å². The first-order valence-corrected chi connectivity index (χ1v) is 26.1. The van der Waals surface area contributed by atoms with Crippen molar-refractivity contribution in [2.24, 2.45) is 0 Å². The van der Waals surface area contributed by atoms with Gasteiger partial charge in [0.1, 0.15) is 0 Å². The minimum atomic E-state index is 0.299. The number of hydrogen-bond donors (Lipinski definition) is 0. The smallest absolute Gasteiger partial charge is 0.0158 e. The Bertz CT molecular complexity index is 651. The molecule has 1 nitrogen and oxygen atoms in total. The maximum atomic E-state index is 3.00. The Morgan fingerprint density at radius 1 is 0.222 bits per heavy atom. The van der Waals surface area contributed by atoms with E-state index in [2.05, 4.69) is 53.4 Å². The molecule has 0 radical (unpaired) electrons. The van der Waals surface area contributed by atoms with Gasteiger partial charge < -0.3 is 0 Å². The highest BCUT2D eigenvalue weighted by Crippen LogP contribution is 2.34. The van der Waals surface area contributed by atoms with Gasteiger partial charge in [-0.05, 0) is 53.5 Å². The summed E-state index contributed by atoms with van der Waals surface area (Å²) in [6.07, 6.45) is 62.2. The molecule has 0 aliphatic heterocycles. The molecule has 1 heteroatoms. The lowest BCUT2D eigenvalue weighted by atomic mass is 9.85. The predicted octanol–water partition coefficient (Wildman–Crippen LogP) is 19.7. The van der Waals surface area contributed by atoms with Crippen molar-refractivity contribution in [3.63, 3.8) is 0 Å². The number of nitrogens with zero attached hydrogens (tertiary/aromatic N) is 1. The lowest BCUT2D eigenvalue weighted by Gasteiger charge is -2.49. The number of unbranched alkanes of at least 4 members (excludes halogenated alkanes) is 38. The first-order valence-electron chi connectivity index (χ1n) is 26.1. The fourth-order valence-corrected chi connectivity index (χ4v) is 9.49. The third-order valence-corrected chi connectivity index (χ3v) is 13.2. The Kier molecular flexibility index (Phi) is 41.1. The molecule has 0 spiro atoms. The van der Waals surface area contributed by atoms with Gasteiger partial charge in [-0.1, -0.05) is 278 Å². The molecule has 54 heavy (non-hydrogen) atoms. The Morgan fingerprint density at radius 3 is 0.593 bits per heavy atom. The van der Waals surface area contributed by atoms with Crippen LogP contribution in [0.5, 0.6) is 0 Å². The SMILES string of the molecule is CCCCCCCCCCCCCCCCCN(C(C)(C)CCCCCCCCCCCCCCC)C(C)(C)CCCCCCCCCCCCCCC. The van der Waals surface area contributed by atoms with Crippen molar-refractivity contribution >= 4 is 0 Å². The van der Waals surface area contributed by atoms with Crippen LogP contribution in [-0.2, 0) is 0 Å². The van der Waals surface area contributed by atoms with Crippen molar-refractivity contribution in [1.29, 1.82) is 0 Å². The quantitative estimate of drug-likeness (QED) is 0.0559. The van der Waals surface area contributed by atoms with Crippen LogP contribution in [0.15, 0.2) is 0 Å². The first-order chi connectivity index (χ1) is 26.3. The van der Waals surface area contributed by atoms with Crippen LogP contribution in [0.4, 0.5) is 0 Å². The molecule has 0 aliphatic carbocycles. The third kappa shape index (κ3) is 36.3. The van der Waals surface area contributed by atoms with Crippen LogP contribution < -0.4 is 0 Å². The van der Waals surface area contributed by atoms with Gasteiger partial charge in [-0.3, -0.25) is 4.90 Å². The largest absolute Gasteiger partial charge is 0.293 e.